The smallest absolute Gasteiger partial charge is 0.0434 e. The molecule has 2 rings (SSSR count). The summed E-state index contributed by atoms with van der Waals surface area (Å²) in [6.45, 7) is 4.40. The van der Waals surface area contributed by atoms with Crippen LogP contribution in [0.4, 0.5) is 0 Å². The Morgan fingerprint density at radius 3 is 2.33 bits per heavy atom. The van der Waals surface area contributed by atoms with Crippen molar-refractivity contribution in [1.29, 1.82) is 0 Å². The van der Waals surface area contributed by atoms with E-state index in [-0.39, 0.29) is 5.54 Å². The van der Waals surface area contributed by atoms with Crippen molar-refractivity contribution in [1.82, 2.24) is 5.32 Å². The normalized spacial score (nSPS) is 19.4. The van der Waals surface area contributed by atoms with Gasteiger partial charge in [-0.15, -0.1) is 0 Å². The third kappa shape index (κ3) is 1.81. The highest BCUT2D eigenvalue weighted by Gasteiger charge is 2.34. The quantitative estimate of drug-likeness (QED) is 0.777. The zero-order valence-electron chi connectivity index (χ0n) is 10.1. The maximum Gasteiger partial charge on any atom is 0.0434 e. The van der Waals surface area contributed by atoms with Crippen molar-refractivity contribution >= 4 is 0 Å². The van der Waals surface area contributed by atoms with Gasteiger partial charge in [-0.05, 0) is 44.9 Å². The molecule has 1 heteroatoms. The first-order valence-corrected chi connectivity index (χ1v) is 5.95. The van der Waals surface area contributed by atoms with Crippen LogP contribution in [0.25, 0.3) is 0 Å². The van der Waals surface area contributed by atoms with Crippen molar-refractivity contribution in [3.05, 3.63) is 34.9 Å². The second-order valence-electron chi connectivity index (χ2n) is 4.86. The van der Waals surface area contributed by atoms with Crippen molar-refractivity contribution in [2.24, 2.45) is 0 Å². The first-order valence-electron chi connectivity index (χ1n) is 5.95. The van der Waals surface area contributed by atoms with Gasteiger partial charge < -0.3 is 5.32 Å². The van der Waals surface area contributed by atoms with Crippen LogP contribution >= 0.6 is 0 Å². The van der Waals surface area contributed by atoms with E-state index in [1.165, 1.54) is 42.4 Å². The van der Waals surface area contributed by atoms with Crippen LogP contribution in [0.5, 0.6) is 0 Å². The Morgan fingerprint density at radius 2 is 1.80 bits per heavy atom. The Balaban J connectivity index is 2.42. The molecule has 0 saturated heterocycles. The predicted octanol–water partition coefficient (Wildman–Crippen LogP) is 3.29. The summed E-state index contributed by atoms with van der Waals surface area (Å²) in [4.78, 5) is 0. The van der Waals surface area contributed by atoms with E-state index in [4.69, 9.17) is 0 Å². The number of hydrogen-bond acceptors (Lipinski definition) is 1. The summed E-state index contributed by atoms with van der Waals surface area (Å²) in [6.07, 6.45) is 5.28. The van der Waals surface area contributed by atoms with Gasteiger partial charge in [0.05, 0.1) is 0 Å². The Kier molecular flexibility index (Phi) is 2.83. The lowest BCUT2D eigenvalue weighted by atomic mass is 9.85. The first-order chi connectivity index (χ1) is 7.18. The standard InChI is InChI=1S/C14H21N/c1-11-6-7-13(12(2)10-11)14(15-3)8-4-5-9-14/h6-7,10,15H,4-5,8-9H2,1-3H3. The molecule has 1 aromatic carbocycles. The molecule has 0 heterocycles. The summed E-state index contributed by atoms with van der Waals surface area (Å²) in [6, 6.07) is 6.85. The fourth-order valence-corrected chi connectivity index (χ4v) is 2.98. The summed E-state index contributed by atoms with van der Waals surface area (Å²) in [5.74, 6) is 0. The lowest BCUT2D eigenvalue weighted by Gasteiger charge is -2.31. The van der Waals surface area contributed by atoms with E-state index in [0.29, 0.717) is 0 Å². The Bertz CT molecular complexity index is 348. The van der Waals surface area contributed by atoms with Crippen LogP contribution < -0.4 is 5.32 Å². The van der Waals surface area contributed by atoms with Crippen molar-refractivity contribution < 1.29 is 0 Å². The fraction of sp³-hybridized carbons (Fsp3) is 0.571. The third-order valence-corrected chi connectivity index (χ3v) is 3.83. The van der Waals surface area contributed by atoms with E-state index in [0.717, 1.165) is 0 Å². The molecule has 1 fully saturated rings. The number of hydrogen-bond donors (Lipinski definition) is 1. The van der Waals surface area contributed by atoms with E-state index in [2.05, 4.69) is 44.4 Å². The number of benzene rings is 1. The average molecular weight is 203 g/mol. The molecule has 15 heavy (non-hydrogen) atoms. The van der Waals surface area contributed by atoms with Gasteiger partial charge in [0.2, 0.25) is 0 Å². The molecule has 0 atom stereocenters. The summed E-state index contributed by atoms with van der Waals surface area (Å²) >= 11 is 0. The highest BCUT2D eigenvalue weighted by atomic mass is 14.9. The predicted molar refractivity (Wildman–Crippen MR) is 65.1 cm³/mol. The Hall–Kier alpha value is -0.820. The molecule has 1 N–H and O–H groups in total. The summed E-state index contributed by atoms with van der Waals surface area (Å²) in [7, 11) is 2.10. The molecule has 1 aliphatic carbocycles. The molecule has 1 aromatic rings. The minimum atomic E-state index is 0.262. The zero-order valence-corrected chi connectivity index (χ0v) is 10.1. The monoisotopic (exact) mass is 203 g/mol. The topological polar surface area (TPSA) is 12.0 Å². The van der Waals surface area contributed by atoms with Crippen LogP contribution in [0.3, 0.4) is 0 Å². The van der Waals surface area contributed by atoms with Crippen molar-refractivity contribution in [2.75, 3.05) is 7.05 Å². The lowest BCUT2D eigenvalue weighted by molar-refractivity contribution is 0.370. The molecular weight excluding hydrogens is 182 g/mol. The molecule has 1 saturated carbocycles. The minimum absolute atomic E-state index is 0.262. The SMILES string of the molecule is CNC1(c2ccc(C)cc2C)CCCC1. The van der Waals surface area contributed by atoms with E-state index < -0.39 is 0 Å². The fourth-order valence-electron chi connectivity index (χ4n) is 2.98. The van der Waals surface area contributed by atoms with Gasteiger partial charge in [-0.3, -0.25) is 0 Å². The number of nitrogens with one attached hydrogen (secondary N) is 1. The van der Waals surface area contributed by atoms with Crippen LogP contribution in [0.15, 0.2) is 18.2 Å². The molecule has 0 radical (unpaired) electrons. The molecule has 1 nitrogen and oxygen atoms in total. The molecule has 0 spiro atoms. The lowest BCUT2D eigenvalue weighted by Crippen LogP contribution is -2.37. The van der Waals surface area contributed by atoms with E-state index in [1.807, 2.05) is 0 Å². The van der Waals surface area contributed by atoms with Crippen LogP contribution in [0.1, 0.15) is 42.4 Å². The second-order valence-corrected chi connectivity index (χ2v) is 4.86. The van der Waals surface area contributed by atoms with Gasteiger partial charge in [-0.1, -0.05) is 36.6 Å². The minimum Gasteiger partial charge on any atom is -0.310 e. The van der Waals surface area contributed by atoms with Gasteiger partial charge in [-0.2, -0.15) is 0 Å². The maximum atomic E-state index is 3.55. The van der Waals surface area contributed by atoms with Crippen LogP contribution in [-0.2, 0) is 5.54 Å². The highest BCUT2D eigenvalue weighted by Crippen LogP contribution is 2.39. The highest BCUT2D eigenvalue weighted by molar-refractivity contribution is 5.36. The van der Waals surface area contributed by atoms with Gasteiger partial charge in [0.15, 0.2) is 0 Å². The van der Waals surface area contributed by atoms with Crippen LogP contribution in [0.2, 0.25) is 0 Å². The van der Waals surface area contributed by atoms with E-state index in [9.17, 15) is 0 Å². The number of rotatable bonds is 2. The summed E-state index contributed by atoms with van der Waals surface area (Å²) in [5, 5.41) is 3.55. The molecule has 1 aliphatic rings. The molecule has 0 aliphatic heterocycles. The zero-order chi connectivity index (χ0) is 10.9. The van der Waals surface area contributed by atoms with Gasteiger partial charge in [-0.25, -0.2) is 0 Å². The summed E-state index contributed by atoms with van der Waals surface area (Å²) < 4.78 is 0. The summed E-state index contributed by atoms with van der Waals surface area (Å²) in [5.41, 5.74) is 4.57. The molecular formula is C14H21N. The van der Waals surface area contributed by atoms with Crippen molar-refractivity contribution in [3.63, 3.8) is 0 Å². The van der Waals surface area contributed by atoms with Crippen molar-refractivity contribution in [2.45, 2.75) is 45.1 Å². The van der Waals surface area contributed by atoms with E-state index in [1.54, 1.807) is 0 Å². The number of aryl methyl sites for hydroxylation is 2. The molecule has 0 bridgehead atoms. The Morgan fingerprint density at radius 1 is 1.13 bits per heavy atom. The maximum absolute atomic E-state index is 3.55. The first kappa shape index (κ1) is 10.7. The largest absolute Gasteiger partial charge is 0.310 e. The van der Waals surface area contributed by atoms with E-state index >= 15 is 0 Å². The van der Waals surface area contributed by atoms with Gasteiger partial charge >= 0.3 is 0 Å². The van der Waals surface area contributed by atoms with Gasteiger partial charge in [0.1, 0.15) is 0 Å². The molecule has 0 aromatic heterocycles. The van der Waals surface area contributed by atoms with Gasteiger partial charge in [0.25, 0.3) is 0 Å². The van der Waals surface area contributed by atoms with Gasteiger partial charge in [0, 0.05) is 5.54 Å². The van der Waals surface area contributed by atoms with Crippen molar-refractivity contribution in [3.8, 4) is 0 Å². The van der Waals surface area contributed by atoms with Crippen LogP contribution in [-0.4, -0.2) is 7.05 Å². The molecule has 0 amide bonds. The second kappa shape index (κ2) is 3.97. The molecule has 82 valence electrons. The Labute approximate surface area is 92.9 Å². The third-order valence-electron chi connectivity index (χ3n) is 3.83. The average Bonchev–Trinajstić information content (AvgIpc) is 2.67. The molecule has 0 unspecified atom stereocenters. The van der Waals surface area contributed by atoms with Crippen LogP contribution in [0, 0.1) is 13.8 Å².